The summed E-state index contributed by atoms with van der Waals surface area (Å²) in [6, 6.07) is 0. The molecule has 5 heteroatoms. The van der Waals surface area contributed by atoms with E-state index in [2.05, 4.69) is 0 Å². The maximum Gasteiger partial charge on any atom is 0.235 e. The zero-order valence-corrected chi connectivity index (χ0v) is 11.2. The summed E-state index contributed by atoms with van der Waals surface area (Å²) in [6.07, 6.45) is 3.37. The van der Waals surface area contributed by atoms with Crippen molar-refractivity contribution in [1.82, 2.24) is 4.90 Å². The lowest BCUT2D eigenvalue weighted by Gasteiger charge is -2.36. The molecule has 98 valence electrons. The Kier molecular flexibility index (Phi) is 4.33. The van der Waals surface area contributed by atoms with Gasteiger partial charge in [0.25, 0.3) is 0 Å². The minimum Gasteiger partial charge on any atom is -0.388 e. The summed E-state index contributed by atoms with van der Waals surface area (Å²) >= 11 is 1.74. The van der Waals surface area contributed by atoms with Gasteiger partial charge in [0, 0.05) is 39.6 Å². The highest BCUT2D eigenvalue weighted by Crippen LogP contribution is 2.28. The van der Waals surface area contributed by atoms with Crippen LogP contribution >= 0.6 is 11.8 Å². The van der Waals surface area contributed by atoms with Gasteiger partial charge in [0.15, 0.2) is 0 Å². The van der Waals surface area contributed by atoms with Crippen LogP contribution in [0.1, 0.15) is 25.7 Å². The number of ether oxygens (including phenoxy) is 1. The van der Waals surface area contributed by atoms with Crippen LogP contribution in [0.3, 0.4) is 0 Å². The lowest BCUT2D eigenvalue weighted by Crippen LogP contribution is -2.48. The van der Waals surface area contributed by atoms with Crippen molar-refractivity contribution in [3.05, 3.63) is 0 Å². The summed E-state index contributed by atoms with van der Waals surface area (Å²) in [5.41, 5.74) is -0.744. The minimum atomic E-state index is -0.744. The molecule has 4 nitrogen and oxygen atoms in total. The van der Waals surface area contributed by atoms with Gasteiger partial charge in [-0.25, -0.2) is 0 Å². The fourth-order valence-electron chi connectivity index (χ4n) is 2.45. The lowest BCUT2D eigenvalue weighted by atomic mass is 9.94. The molecule has 1 amide bonds. The molecule has 2 saturated heterocycles. The van der Waals surface area contributed by atoms with E-state index in [-0.39, 0.29) is 11.2 Å². The van der Waals surface area contributed by atoms with Crippen LogP contribution in [0.5, 0.6) is 0 Å². The van der Waals surface area contributed by atoms with Crippen molar-refractivity contribution >= 4 is 17.7 Å². The average molecular weight is 259 g/mol. The van der Waals surface area contributed by atoms with Crippen molar-refractivity contribution in [2.45, 2.75) is 36.5 Å². The van der Waals surface area contributed by atoms with Gasteiger partial charge in [-0.15, -0.1) is 11.8 Å². The van der Waals surface area contributed by atoms with E-state index >= 15 is 0 Å². The van der Waals surface area contributed by atoms with Crippen molar-refractivity contribution in [3.8, 4) is 0 Å². The Morgan fingerprint density at radius 3 is 2.82 bits per heavy atom. The van der Waals surface area contributed by atoms with Gasteiger partial charge < -0.3 is 14.7 Å². The van der Waals surface area contributed by atoms with Crippen molar-refractivity contribution in [3.63, 3.8) is 0 Å². The van der Waals surface area contributed by atoms with Gasteiger partial charge in [0.2, 0.25) is 5.91 Å². The lowest BCUT2D eigenvalue weighted by molar-refractivity contribution is -0.136. The van der Waals surface area contributed by atoms with Gasteiger partial charge in [-0.2, -0.15) is 0 Å². The first-order valence-electron chi connectivity index (χ1n) is 6.27. The second-order valence-electron chi connectivity index (χ2n) is 5.03. The van der Waals surface area contributed by atoms with Crippen LogP contribution in [-0.4, -0.2) is 59.3 Å². The van der Waals surface area contributed by atoms with Gasteiger partial charge in [0.1, 0.15) is 0 Å². The highest BCUT2D eigenvalue weighted by atomic mass is 32.2. The SMILES string of the molecule is CN(CC1(O)CCOCC1)C(=O)C1CCCS1. The summed E-state index contributed by atoms with van der Waals surface area (Å²) < 4.78 is 5.24. The van der Waals surface area contributed by atoms with Crippen LogP contribution in [-0.2, 0) is 9.53 Å². The second-order valence-corrected chi connectivity index (χ2v) is 6.34. The Labute approximate surface area is 107 Å². The zero-order valence-electron chi connectivity index (χ0n) is 10.4. The molecule has 2 aliphatic heterocycles. The van der Waals surface area contributed by atoms with Gasteiger partial charge in [-0.05, 0) is 18.6 Å². The fraction of sp³-hybridized carbons (Fsp3) is 0.917. The number of thioether (sulfide) groups is 1. The first-order valence-corrected chi connectivity index (χ1v) is 7.32. The Balaban J connectivity index is 1.86. The number of hydrogen-bond donors (Lipinski definition) is 1. The van der Waals surface area contributed by atoms with E-state index in [1.54, 1.807) is 23.7 Å². The van der Waals surface area contributed by atoms with Gasteiger partial charge in [0.05, 0.1) is 10.9 Å². The van der Waals surface area contributed by atoms with E-state index < -0.39 is 5.60 Å². The molecule has 0 spiro atoms. The monoisotopic (exact) mass is 259 g/mol. The van der Waals surface area contributed by atoms with Crippen LogP contribution in [0.2, 0.25) is 0 Å². The molecular weight excluding hydrogens is 238 g/mol. The molecule has 1 atom stereocenters. The molecule has 2 fully saturated rings. The number of rotatable bonds is 3. The molecule has 0 bridgehead atoms. The maximum atomic E-state index is 12.1. The van der Waals surface area contributed by atoms with Crippen LogP contribution in [0, 0.1) is 0 Å². The molecule has 0 saturated carbocycles. The molecule has 17 heavy (non-hydrogen) atoms. The standard InChI is InChI=1S/C12H21NO3S/c1-13(11(14)10-3-2-8-17-10)9-12(15)4-6-16-7-5-12/h10,15H,2-9H2,1H3. The van der Waals surface area contributed by atoms with Crippen molar-refractivity contribution in [2.75, 3.05) is 32.6 Å². The smallest absolute Gasteiger partial charge is 0.235 e. The largest absolute Gasteiger partial charge is 0.388 e. The van der Waals surface area contributed by atoms with Crippen LogP contribution in [0.4, 0.5) is 0 Å². The quantitative estimate of drug-likeness (QED) is 0.817. The molecular formula is C12H21NO3S. The van der Waals surface area contributed by atoms with E-state index in [4.69, 9.17) is 4.74 Å². The van der Waals surface area contributed by atoms with Gasteiger partial charge in [-0.1, -0.05) is 0 Å². The predicted molar refractivity (Wildman–Crippen MR) is 68.1 cm³/mol. The average Bonchev–Trinajstić information content (AvgIpc) is 2.81. The third kappa shape index (κ3) is 3.36. The van der Waals surface area contributed by atoms with Gasteiger partial charge >= 0.3 is 0 Å². The number of carbonyl (C=O) groups excluding carboxylic acids is 1. The minimum absolute atomic E-state index is 0.114. The number of carbonyl (C=O) groups is 1. The van der Waals surface area contributed by atoms with Crippen LogP contribution in [0.25, 0.3) is 0 Å². The maximum absolute atomic E-state index is 12.1. The number of likely N-dealkylation sites (N-methyl/N-ethyl adjacent to an activating group) is 1. The second kappa shape index (κ2) is 5.59. The Bertz CT molecular complexity index is 273. The Morgan fingerprint density at radius 1 is 1.53 bits per heavy atom. The van der Waals surface area contributed by atoms with Crippen LogP contribution < -0.4 is 0 Å². The molecule has 2 aliphatic rings. The summed E-state index contributed by atoms with van der Waals surface area (Å²) in [5.74, 6) is 1.26. The molecule has 0 aromatic heterocycles. The van der Waals surface area contributed by atoms with E-state index in [1.807, 2.05) is 0 Å². The first-order chi connectivity index (χ1) is 8.11. The van der Waals surface area contributed by atoms with Crippen LogP contribution in [0.15, 0.2) is 0 Å². The normalized spacial score (nSPS) is 28.0. The van der Waals surface area contributed by atoms with E-state index in [0.717, 1.165) is 18.6 Å². The zero-order chi connectivity index (χ0) is 12.3. The Morgan fingerprint density at radius 2 is 2.24 bits per heavy atom. The molecule has 0 aromatic carbocycles. The molecule has 1 N–H and O–H groups in total. The van der Waals surface area contributed by atoms with E-state index in [0.29, 0.717) is 32.6 Å². The summed E-state index contributed by atoms with van der Waals surface area (Å²) in [4.78, 5) is 13.8. The van der Waals surface area contributed by atoms with Gasteiger partial charge in [-0.3, -0.25) is 4.79 Å². The van der Waals surface area contributed by atoms with Crippen molar-refractivity contribution < 1.29 is 14.6 Å². The first kappa shape index (κ1) is 13.2. The number of nitrogens with zero attached hydrogens (tertiary/aromatic N) is 1. The third-order valence-corrected chi connectivity index (χ3v) is 4.90. The molecule has 0 aromatic rings. The highest BCUT2D eigenvalue weighted by Gasteiger charge is 2.34. The summed E-state index contributed by atoms with van der Waals surface area (Å²) in [5, 5.41) is 10.5. The molecule has 1 unspecified atom stereocenters. The number of amides is 1. The van der Waals surface area contributed by atoms with E-state index in [1.165, 1.54) is 0 Å². The third-order valence-electron chi connectivity index (χ3n) is 3.54. The number of hydrogen-bond acceptors (Lipinski definition) is 4. The molecule has 0 aliphatic carbocycles. The summed E-state index contributed by atoms with van der Waals surface area (Å²) in [7, 11) is 1.80. The Hall–Kier alpha value is -0.260. The fourth-order valence-corrected chi connectivity index (χ4v) is 3.72. The summed E-state index contributed by atoms with van der Waals surface area (Å²) in [6.45, 7) is 1.62. The topological polar surface area (TPSA) is 49.8 Å². The predicted octanol–water partition coefficient (Wildman–Crippen LogP) is 0.882. The molecule has 0 radical (unpaired) electrons. The van der Waals surface area contributed by atoms with Crippen molar-refractivity contribution in [1.29, 1.82) is 0 Å². The molecule has 2 rings (SSSR count). The highest BCUT2D eigenvalue weighted by molar-refractivity contribution is 8.00. The van der Waals surface area contributed by atoms with E-state index in [9.17, 15) is 9.90 Å². The van der Waals surface area contributed by atoms with Crippen molar-refractivity contribution in [2.24, 2.45) is 0 Å². The molecule has 2 heterocycles. The number of aliphatic hydroxyl groups is 1.